The summed E-state index contributed by atoms with van der Waals surface area (Å²) in [6.07, 6.45) is 1.55. The van der Waals surface area contributed by atoms with E-state index in [0.717, 1.165) is 0 Å². The zero-order valence-corrected chi connectivity index (χ0v) is 17.3. The van der Waals surface area contributed by atoms with Gasteiger partial charge >= 0.3 is 5.97 Å². The van der Waals surface area contributed by atoms with E-state index >= 15 is 0 Å². The Morgan fingerprint density at radius 2 is 1.86 bits per heavy atom. The quantitative estimate of drug-likeness (QED) is 0.529. The molecule has 1 amide bonds. The number of amides is 1. The Morgan fingerprint density at radius 1 is 1.14 bits per heavy atom. The molecule has 1 unspecified atom stereocenters. The van der Waals surface area contributed by atoms with Crippen LogP contribution in [0.25, 0.3) is 0 Å². The van der Waals surface area contributed by atoms with Crippen LogP contribution in [0, 0.1) is 5.41 Å². The van der Waals surface area contributed by atoms with Crippen LogP contribution in [0.3, 0.4) is 0 Å². The van der Waals surface area contributed by atoms with Crippen LogP contribution in [0.5, 0.6) is 0 Å². The van der Waals surface area contributed by atoms with Crippen LogP contribution in [0.2, 0.25) is 0 Å². The predicted octanol–water partition coefficient (Wildman–Crippen LogP) is 4.02. The second-order valence-corrected chi connectivity index (χ2v) is 8.36. The maximum absolute atomic E-state index is 12.4. The molecule has 0 aliphatic heterocycles. The summed E-state index contributed by atoms with van der Waals surface area (Å²) in [6, 6.07) is 10.2. The van der Waals surface area contributed by atoms with Crippen molar-refractivity contribution in [3.63, 3.8) is 0 Å². The number of ketones is 1. The van der Waals surface area contributed by atoms with Crippen molar-refractivity contribution in [1.82, 2.24) is 5.32 Å². The molecule has 0 radical (unpaired) electrons. The molecule has 150 valence electrons. The first-order valence-corrected chi connectivity index (χ1v) is 9.92. The van der Waals surface area contributed by atoms with Crippen LogP contribution < -0.4 is 5.32 Å². The third-order valence-corrected chi connectivity index (χ3v) is 5.06. The summed E-state index contributed by atoms with van der Waals surface area (Å²) in [5.74, 6) is -0.107. The van der Waals surface area contributed by atoms with Crippen molar-refractivity contribution in [1.29, 1.82) is 0 Å². The highest BCUT2D eigenvalue weighted by Gasteiger charge is 2.23. The second-order valence-electron chi connectivity index (χ2n) is 7.34. The van der Waals surface area contributed by atoms with Crippen molar-refractivity contribution >= 4 is 29.4 Å². The van der Waals surface area contributed by atoms with Crippen LogP contribution in [-0.2, 0) is 14.3 Å². The first kappa shape index (κ1) is 21.8. The van der Waals surface area contributed by atoms with Gasteiger partial charge in [0.15, 0.2) is 12.4 Å². The maximum atomic E-state index is 12.4. The summed E-state index contributed by atoms with van der Waals surface area (Å²) < 4.78 is 10.4. The summed E-state index contributed by atoms with van der Waals surface area (Å²) >= 11 is 1.23. The van der Waals surface area contributed by atoms with Gasteiger partial charge in [-0.3, -0.25) is 9.59 Å². The molecule has 0 aliphatic rings. The molecule has 1 N–H and O–H groups in total. The standard InChI is InChI=1S/C21H25NO5S/c1-14(16-9-7-11-26-16)22-19(24)13-28-17-10-6-5-8-15(17)20(25)27-12-18(23)21(2,3)4/h5-11,14H,12-13H2,1-4H3,(H,22,24). The summed E-state index contributed by atoms with van der Waals surface area (Å²) in [7, 11) is 0. The highest BCUT2D eigenvalue weighted by atomic mass is 32.2. The van der Waals surface area contributed by atoms with Gasteiger partial charge in [0.2, 0.25) is 5.91 Å². The Morgan fingerprint density at radius 3 is 2.50 bits per heavy atom. The number of carbonyl (C=O) groups excluding carboxylic acids is 3. The smallest absolute Gasteiger partial charge is 0.339 e. The van der Waals surface area contributed by atoms with Crippen molar-refractivity contribution in [2.24, 2.45) is 5.41 Å². The van der Waals surface area contributed by atoms with E-state index < -0.39 is 11.4 Å². The van der Waals surface area contributed by atoms with Crippen LogP contribution in [-0.4, -0.2) is 30.0 Å². The van der Waals surface area contributed by atoms with Crippen LogP contribution >= 0.6 is 11.8 Å². The first-order chi connectivity index (χ1) is 13.2. The van der Waals surface area contributed by atoms with E-state index in [0.29, 0.717) is 16.2 Å². The van der Waals surface area contributed by atoms with E-state index in [4.69, 9.17) is 9.15 Å². The Labute approximate surface area is 169 Å². The summed E-state index contributed by atoms with van der Waals surface area (Å²) in [4.78, 5) is 37.1. The molecule has 1 aromatic carbocycles. The van der Waals surface area contributed by atoms with Crippen molar-refractivity contribution in [3.8, 4) is 0 Å². The predicted molar refractivity (Wildman–Crippen MR) is 107 cm³/mol. The molecule has 2 aromatic rings. The molecule has 6 nitrogen and oxygen atoms in total. The van der Waals surface area contributed by atoms with Gasteiger partial charge < -0.3 is 14.5 Å². The van der Waals surface area contributed by atoms with Gasteiger partial charge in [-0.1, -0.05) is 32.9 Å². The van der Waals surface area contributed by atoms with Crippen molar-refractivity contribution in [2.45, 2.75) is 38.6 Å². The van der Waals surface area contributed by atoms with E-state index in [-0.39, 0.29) is 30.1 Å². The topological polar surface area (TPSA) is 85.6 Å². The third-order valence-electron chi connectivity index (χ3n) is 3.98. The molecule has 28 heavy (non-hydrogen) atoms. The van der Waals surface area contributed by atoms with E-state index in [9.17, 15) is 14.4 Å². The Kier molecular flexibility index (Phi) is 7.45. The van der Waals surface area contributed by atoms with Gasteiger partial charge in [-0.25, -0.2) is 4.79 Å². The molecule has 1 aromatic heterocycles. The monoisotopic (exact) mass is 403 g/mol. The molecule has 0 saturated heterocycles. The maximum Gasteiger partial charge on any atom is 0.339 e. The molecule has 0 bridgehead atoms. The fourth-order valence-corrected chi connectivity index (χ4v) is 3.07. The summed E-state index contributed by atoms with van der Waals surface area (Å²) in [5.41, 5.74) is -0.238. The fourth-order valence-electron chi connectivity index (χ4n) is 2.22. The Hall–Kier alpha value is -2.54. The highest BCUT2D eigenvalue weighted by molar-refractivity contribution is 8.00. The molecular weight excluding hydrogens is 378 g/mol. The zero-order chi connectivity index (χ0) is 20.7. The Balaban J connectivity index is 1.93. The van der Waals surface area contributed by atoms with E-state index in [1.54, 1.807) is 63.4 Å². The second kappa shape index (κ2) is 9.59. The number of carbonyl (C=O) groups is 3. The molecule has 7 heteroatoms. The average molecular weight is 404 g/mol. The van der Waals surface area contributed by atoms with Gasteiger partial charge in [0, 0.05) is 10.3 Å². The number of furan rings is 1. The number of hydrogen-bond donors (Lipinski definition) is 1. The molecule has 0 fully saturated rings. The number of thioether (sulfide) groups is 1. The lowest BCUT2D eigenvalue weighted by Crippen LogP contribution is -2.28. The number of rotatable bonds is 8. The van der Waals surface area contributed by atoms with Gasteiger partial charge in [-0.15, -0.1) is 11.8 Å². The van der Waals surface area contributed by atoms with Gasteiger partial charge in [0.1, 0.15) is 5.76 Å². The van der Waals surface area contributed by atoms with E-state index in [1.807, 2.05) is 6.92 Å². The summed E-state index contributed by atoms with van der Waals surface area (Å²) in [5, 5.41) is 2.84. The molecule has 0 aliphatic carbocycles. The van der Waals surface area contributed by atoms with E-state index in [1.165, 1.54) is 11.8 Å². The molecule has 0 spiro atoms. The van der Waals surface area contributed by atoms with Crippen molar-refractivity contribution in [2.75, 3.05) is 12.4 Å². The lowest BCUT2D eigenvalue weighted by molar-refractivity contribution is -0.129. The van der Waals surface area contributed by atoms with Gasteiger partial charge in [0.25, 0.3) is 0 Å². The van der Waals surface area contributed by atoms with Crippen molar-refractivity contribution in [3.05, 3.63) is 54.0 Å². The number of hydrogen-bond acceptors (Lipinski definition) is 6. The minimum Gasteiger partial charge on any atom is -0.467 e. The van der Waals surface area contributed by atoms with E-state index in [2.05, 4.69) is 5.32 Å². The highest BCUT2D eigenvalue weighted by Crippen LogP contribution is 2.24. The normalized spacial score (nSPS) is 12.3. The van der Waals surface area contributed by atoms with Crippen LogP contribution in [0.15, 0.2) is 52.0 Å². The van der Waals surface area contributed by atoms with Gasteiger partial charge in [-0.05, 0) is 31.2 Å². The molecular formula is C21H25NO5S. The lowest BCUT2D eigenvalue weighted by atomic mass is 9.91. The molecule has 2 rings (SSSR count). The Bertz CT molecular complexity index is 824. The van der Waals surface area contributed by atoms with Gasteiger partial charge in [-0.2, -0.15) is 0 Å². The minimum atomic E-state index is -0.579. The molecule has 1 atom stereocenters. The van der Waals surface area contributed by atoms with Crippen molar-refractivity contribution < 1.29 is 23.5 Å². The average Bonchev–Trinajstić information content (AvgIpc) is 3.18. The lowest BCUT2D eigenvalue weighted by Gasteiger charge is -2.16. The van der Waals surface area contributed by atoms with Crippen LogP contribution in [0.1, 0.15) is 49.9 Å². The number of benzene rings is 1. The molecule has 1 heterocycles. The SMILES string of the molecule is CC(NC(=O)CSc1ccccc1C(=O)OCC(=O)C(C)(C)C)c1ccco1. The minimum absolute atomic E-state index is 0.135. The van der Waals surface area contributed by atoms with Gasteiger partial charge in [0.05, 0.1) is 23.6 Å². The molecule has 0 saturated carbocycles. The summed E-state index contributed by atoms with van der Waals surface area (Å²) in [6.45, 7) is 6.88. The fraction of sp³-hybridized carbons (Fsp3) is 0.381. The number of nitrogens with one attached hydrogen (secondary N) is 1. The number of esters is 1. The zero-order valence-electron chi connectivity index (χ0n) is 16.5. The third kappa shape index (κ3) is 6.27. The number of ether oxygens (including phenoxy) is 1. The van der Waals surface area contributed by atoms with Crippen LogP contribution in [0.4, 0.5) is 0 Å². The largest absolute Gasteiger partial charge is 0.467 e. The first-order valence-electron chi connectivity index (χ1n) is 8.93. The number of Topliss-reactive ketones (excluding diaryl/α,β-unsaturated/α-hetero) is 1.